The highest BCUT2D eigenvalue weighted by Crippen LogP contribution is 2.37. The van der Waals surface area contributed by atoms with Crippen molar-refractivity contribution in [3.8, 4) is 39.7 Å². The first-order valence-electron chi connectivity index (χ1n) is 10.8. The molecule has 34 heavy (non-hydrogen) atoms. The SMILES string of the molecule is CNCC(O)COc1ccc(Cl)c(-c2nc(-c3cnn(C)c3)c(C)c(-c3c(C)noc3C)n2)c1. The Bertz CT molecular complexity index is 1300. The molecule has 0 aliphatic heterocycles. The molecule has 0 radical (unpaired) electrons. The number of nitrogens with zero attached hydrogens (tertiary/aromatic N) is 5. The van der Waals surface area contributed by atoms with E-state index in [9.17, 15) is 5.11 Å². The third-order valence-electron chi connectivity index (χ3n) is 5.46. The number of halogens is 1. The Morgan fingerprint density at radius 2 is 1.97 bits per heavy atom. The zero-order chi connectivity index (χ0) is 24.4. The number of benzene rings is 1. The molecule has 2 N–H and O–H groups in total. The highest BCUT2D eigenvalue weighted by atomic mass is 35.5. The van der Waals surface area contributed by atoms with Gasteiger partial charge in [0.05, 0.1) is 33.9 Å². The number of aliphatic hydroxyl groups excluding tert-OH is 1. The van der Waals surface area contributed by atoms with Gasteiger partial charge < -0.3 is 19.7 Å². The topological polar surface area (TPSA) is 111 Å². The maximum atomic E-state index is 9.98. The Labute approximate surface area is 202 Å². The van der Waals surface area contributed by atoms with Crippen LogP contribution in [0.5, 0.6) is 5.75 Å². The number of ether oxygens (including phenoxy) is 1. The summed E-state index contributed by atoms with van der Waals surface area (Å²) in [7, 11) is 3.63. The van der Waals surface area contributed by atoms with Gasteiger partial charge in [-0.2, -0.15) is 5.10 Å². The summed E-state index contributed by atoms with van der Waals surface area (Å²) in [6.45, 7) is 6.28. The summed E-state index contributed by atoms with van der Waals surface area (Å²) in [6, 6.07) is 5.27. The lowest BCUT2D eigenvalue weighted by Crippen LogP contribution is -2.29. The van der Waals surface area contributed by atoms with E-state index in [4.69, 9.17) is 30.8 Å². The first-order valence-corrected chi connectivity index (χ1v) is 11.2. The summed E-state index contributed by atoms with van der Waals surface area (Å²) in [4.78, 5) is 9.76. The molecule has 1 unspecified atom stereocenters. The van der Waals surface area contributed by atoms with Crippen LogP contribution in [0.25, 0.3) is 33.9 Å². The van der Waals surface area contributed by atoms with Crippen molar-refractivity contribution in [2.24, 2.45) is 7.05 Å². The van der Waals surface area contributed by atoms with E-state index in [1.54, 1.807) is 36.1 Å². The van der Waals surface area contributed by atoms with Crippen molar-refractivity contribution < 1.29 is 14.4 Å². The summed E-state index contributed by atoms with van der Waals surface area (Å²) in [5.74, 6) is 1.66. The summed E-state index contributed by atoms with van der Waals surface area (Å²) < 4.78 is 12.9. The number of likely N-dealkylation sites (N-methyl/N-ethyl adjacent to an activating group) is 1. The summed E-state index contributed by atoms with van der Waals surface area (Å²) in [6.07, 6.45) is 3.03. The standard InChI is InChI=1S/C24H27ClN6O3/c1-13-22(16-9-27-31(5)11-16)28-24(29-23(13)21-14(2)30-34-15(21)3)19-8-18(6-7-20(19)25)33-12-17(32)10-26-4/h6-9,11,17,26,32H,10,12H2,1-5H3. The Morgan fingerprint density at radius 3 is 2.62 bits per heavy atom. The molecular weight excluding hydrogens is 456 g/mol. The van der Waals surface area contributed by atoms with Gasteiger partial charge in [0.1, 0.15) is 24.2 Å². The highest BCUT2D eigenvalue weighted by molar-refractivity contribution is 6.33. The third-order valence-corrected chi connectivity index (χ3v) is 5.78. The Balaban J connectivity index is 1.85. The van der Waals surface area contributed by atoms with Crippen LogP contribution in [-0.4, -0.2) is 56.3 Å². The van der Waals surface area contributed by atoms with Crippen LogP contribution in [0.15, 0.2) is 35.1 Å². The lowest BCUT2D eigenvalue weighted by Gasteiger charge is -2.15. The number of hydrogen-bond acceptors (Lipinski definition) is 8. The van der Waals surface area contributed by atoms with E-state index in [2.05, 4.69) is 15.6 Å². The van der Waals surface area contributed by atoms with E-state index in [1.165, 1.54) is 0 Å². The summed E-state index contributed by atoms with van der Waals surface area (Å²) in [5.41, 5.74) is 5.36. The van der Waals surface area contributed by atoms with Crippen LogP contribution in [0, 0.1) is 20.8 Å². The number of aromatic nitrogens is 5. The van der Waals surface area contributed by atoms with Crippen molar-refractivity contribution in [3.63, 3.8) is 0 Å². The van der Waals surface area contributed by atoms with E-state index < -0.39 is 6.10 Å². The Morgan fingerprint density at radius 1 is 1.21 bits per heavy atom. The van der Waals surface area contributed by atoms with Gasteiger partial charge in [0.25, 0.3) is 0 Å². The van der Waals surface area contributed by atoms with E-state index >= 15 is 0 Å². The van der Waals surface area contributed by atoms with E-state index in [0.29, 0.717) is 40.2 Å². The van der Waals surface area contributed by atoms with Gasteiger partial charge in [0.15, 0.2) is 5.82 Å². The maximum absolute atomic E-state index is 9.98. The molecule has 0 bridgehead atoms. The van der Waals surface area contributed by atoms with Crippen molar-refractivity contribution in [1.82, 2.24) is 30.2 Å². The Kier molecular flexibility index (Phi) is 6.97. The van der Waals surface area contributed by atoms with Gasteiger partial charge in [-0.15, -0.1) is 0 Å². The molecule has 1 aromatic carbocycles. The van der Waals surface area contributed by atoms with Crippen molar-refractivity contribution >= 4 is 11.6 Å². The molecular formula is C24H27ClN6O3. The zero-order valence-electron chi connectivity index (χ0n) is 19.8. The Hall–Kier alpha value is -3.27. The molecule has 0 aliphatic rings. The highest BCUT2D eigenvalue weighted by Gasteiger charge is 2.22. The molecule has 0 spiro atoms. The normalized spacial score (nSPS) is 12.2. The molecule has 3 aromatic heterocycles. The molecule has 4 rings (SSSR count). The molecule has 9 nitrogen and oxygen atoms in total. The van der Waals surface area contributed by atoms with Gasteiger partial charge in [0, 0.05) is 36.5 Å². The minimum atomic E-state index is -0.636. The molecule has 0 saturated carbocycles. The van der Waals surface area contributed by atoms with Crippen LogP contribution >= 0.6 is 11.6 Å². The molecule has 10 heteroatoms. The lowest BCUT2D eigenvalue weighted by molar-refractivity contribution is 0.108. The van der Waals surface area contributed by atoms with Crippen LogP contribution in [0.1, 0.15) is 17.0 Å². The minimum Gasteiger partial charge on any atom is -0.491 e. The van der Waals surface area contributed by atoms with Crippen LogP contribution < -0.4 is 10.1 Å². The fraction of sp³-hybridized carbons (Fsp3) is 0.333. The largest absolute Gasteiger partial charge is 0.491 e. The molecule has 178 valence electrons. The summed E-state index contributed by atoms with van der Waals surface area (Å²) >= 11 is 6.58. The second-order valence-corrected chi connectivity index (χ2v) is 8.54. The average molecular weight is 483 g/mol. The second kappa shape index (κ2) is 9.92. The fourth-order valence-electron chi connectivity index (χ4n) is 3.78. The number of hydrogen-bond donors (Lipinski definition) is 2. The first-order chi connectivity index (χ1) is 16.3. The number of aryl methyl sites for hydroxylation is 3. The van der Waals surface area contributed by atoms with Crippen LogP contribution in [0.4, 0.5) is 0 Å². The summed E-state index contributed by atoms with van der Waals surface area (Å²) in [5, 5.41) is 21.8. The van der Waals surface area contributed by atoms with Crippen molar-refractivity contribution in [2.45, 2.75) is 26.9 Å². The fourth-order valence-corrected chi connectivity index (χ4v) is 3.98. The van der Waals surface area contributed by atoms with Crippen LogP contribution in [0.3, 0.4) is 0 Å². The van der Waals surface area contributed by atoms with Crippen molar-refractivity contribution in [3.05, 3.63) is 52.6 Å². The van der Waals surface area contributed by atoms with Crippen molar-refractivity contribution in [2.75, 3.05) is 20.2 Å². The zero-order valence-corrected chi connectivity index (χ0v) is 20.5. The van der Waals surface area contributed by atoms with E-state index in [-0.39, 0.29) is 6.61 Å². The molecule has 1 atom stereocenters. The van der Waals surface area contributed by atoms with Crippen molar-refractivity contribution in [1.29, 1.82) is 0 Å². The van der Waals surface area contributed by atoms with Gasteiger partial charge in [-0.05, 0) is 46.0 Å². The number of nitrogens with one attached hydrogen (secondary N) is 1. The van der Waals surface area contributed by atoms with Gasteiger partial charge >= 0.3 is 0 Å². The van der Waals surface area contributed by atoms with Gasteiger partial charge in [-0.25, -0.2) is 9.97 Å². The average Bonchev–Trinajstić information content (AvgIpc) is 3.38. The van der Waals surface area contributed by atoms with E-state index in [1.807, 2.05) is 34.0 Å². The molecule has 3 heterocycles. The smallest absolute Gasteiger partial charge is 0.162 e. The molecule has 0 fully saturated rings. The van der Waals surface area contributed by atoms with Gasteiger partial charge in [-0.1, -0.05) is 16.8 Å². The molecule has 0 aliphatic carbocycles. The van der Waals surface area contributed by atoms with Crippen LogP contribution in [-0.2, 0) is 7.05 Å². The predicted molar refractivity (Wildman–Crippen MR) is 130 cm³/mol. The van der Waals surface area contributed by atoms with Gasteiger partial charge in [0.2, 0.25) is 0 Å². The van der Waals surface area contributed by atoms with Crippen LogP contribution in [0.2, 0.25) is 5.02 Å². The number of aliphatic hydroxyl groups is 1. The predicted octanol–water partition coefficient (Wildman–Crippen LogP) is 3.74. The first kappa shape index (κ1) is 23.9. The lowest BCUT2D eigenvalue weighted by atomic mass is 10.0. The molecule has 0 amide bonds. The molecule has 0 saturated heterocycles. The molecule has 4 aromatic rings. The maximum Gasteiger partial charge on any atom is 0.162 e. The quantitative estimate of drug-likeness (QED) is 0.390. The minimum absolute atomic E-state index is 0.141. The number of rotatable bonds is 8. The van der Waals surface area contributed by atoms with E-state index in [0.717, 1.165) is 28.1 Å². The second-order valence-electron chi connectivity index (χ2n) is 8.14. The third kappa shape index (κ3) is 4.82. The monoisotopic (exact) mass is 482 g/mol. The van der Waals surface area contributed by atoms with Gasteiger partial charge in [-0.3, -0.25) is 4.68 Å².